The van der Waals surface area contributed by atoms with Gasteiger partial charge in [-0.15, -0.1) is 5.10 Å². The number of carbonyl (C=O) groups is 2. The van der Waals surface area contributed by atoms with Gasteiger partial charge in [0.05, 0.1) is 11.8 Å². The third-order valence-electron chi connectivity index (χ3n) is 6.24. The SMILES string of the molecule is Cc1occc1C(=O)N(C)C(Cc1ccccc1F)C1CCN(C(=O)c2csnn2)CC1. The minimum atomic E-state index is -0.276. The van der Waals surface area contributed by atoms with Gasteiger partial charge in [-0.25, -0.2) is 4.39 Å². The van der Waals surface area contributed by atoms with Crippen LogP contribution in [0.3, 0.4) is 0 Å². The number of likely N-dealkylation sites (N-methyl/N-ethyl adjacent to an activating group) is 1. The van der Waals surface area contributed by atoms with E-state index in [2.05, 4.69) is 9.59 Å². The van der Waals surface area contributed by atoms with E-state index in [1.54, 1.807) is 53.4 Å². The molecule has 0 bridgehead atoms. The minimum absolute atomic E-state index is 0.119. The number of hydrogen-bond acceptors (Lipinski definition) is 6. The van der Waals surface area contributed by atoms with Crippen LogP contribution in [0.25, 0.3) is 0 Å². The molecule has 0 N–H and O–H groups in total. The molecule has 1 atom stereocenters. The van der Waals surface area contributed by atoms with Crippen LogP contribution in [0.5, 0.6) is 0 Å². The fraction of sp³-hybridized carbons (Fsp3) is 0.391. The Bertz CT molecular complexity index is 1080. The van der Waals surface area contributed by atoms with Crippen molar-refractivity contribution in [2.45, 2.75) is 32.2 Å². The molecule has 1 aromatic carbocycles. The molecule has 7 nitrogen and oxygen atoms in total. The summed E-state index contributed by atoms with van der Waals surface area (Å²) in [7, 11) is 1.76. The number of carbonyl (C=O) groups excluding carboxylic acids is 2. The van der Waals surface area contributed by atoms with Crippen LogP contribution in [0.1, 0.15) is 45.0 Å². The predicted octanol–water partition coefficient (Wildman–Crippen LogP) is 3.81. The molecule has 0 spiro atoms. The maximum absolute atomic E-state index is 14.5. The van der Waals surface area contributed by atoms with Crippen LogP contribution in [0.4, 0.5) is 4.39 Å². The fourth-order valence-corrected chi connectivity index (χ4v) is 4.79. The van der Waals surface area contributed by atoms with Crippen molar-refractivity contribution in [3.63, 3.8) is 0 Å². The first kappa shape index (κ1) is 22.1. The van der Waals surface area contributed by atoms with Crippen LogP contribution in [-0.4, -0.2) is 57.4 Å². The van der Waals surface area contributed by atoms with Crippen molar-refractivity contribution >= 4 is 23.3 Å². The number of likely N-dealkylation sites (tertiary alicyclic amines) is 1. The van der Waals surface area contributed by atoms with Crippen molar-refractivity contribution in [3.05, 3.63) is 70.4 Å². The highest BCUT2D eigenvalue weighted by molar-refractivity contribution is 7.03. The van der Waals surface area contributed by atoms with Crippen LogP contribution in [0.2, 0.25) is 0 Å². The molecular formula is C23H25FN4O3S. The van der Waals surface area contributed by atoms with E-state index in [4.69, 9.17) is 4.42 Å². The highest BCUT2D eigenvalue weighted by atomic mass is 32.1. The number of aromatic nitrogens is 2. The Hall–Kier alpha value is -3.07. The fourth-order valence-electron chi connectivity index (χ4n) is 4.36. The van der Waals surface area contributed by atoms with E-state index >= 15 is 0 Å². The molecule has 0 radical (unpaired) electrons. The Morgan fingerprint density at radius 2 is 2.03 bits per heavy atom. The maximum atomic E-state index is 14.5. The lowest BCUT2D eigenvalue weighted by molar-refractivity contribution is 0.0517. The molecule has 9 heteroatoms. The van der Waals surface area contributed by atoms with Gasteiger partial charge in [0, 0.05) is 31.6 Å². The summed E-state index contributed by atoms with van der Waals surface area (Å²) in [6.45, 7) is 2.87. The first-order chi connectivity index (χ1) is 15.5. The van der Waals surface area contributed by atoms with Crippen molar-refractivity contribution in [3.8, 4) is 0 Å². The van der Waals surface area contributed by atoms with Crippen LogP contribution >= 0.6 is 11.5 Å². The first-order valence-electron chi connectivity index (χ1n) is 10.6. The van der Waals surface area contributed by atoms with E-state index in [-0.39, 0.29) is 29.6 Å². The summed E-state index contributed by atoms with van der Waals surface area (Å²) < 4.78 is 23.5. The number of hydrogen-bond donors (Lipinski definition) is 0. The number of rotatable bonds is 6. The lowest BCUT2D eigenvalue weighted by atomic mass is 9.84. The number of furan rings is 1. The Morgan fingerprint density at radius 1 is 1.28 bits per heavy atom. The van der Waals surface area contributed by atoms with Gasteiger partial charge in [-0.2, -0.15) is 0 Å². The number of halogens is 1. The molecule has 32 heavy (non-hydrogen) atoms. The van der Waals surface area contributed by atoms with Crippen molar-refractivity contribution in [1.82, 2.24) is 19.4 Å². The second kappa shape index (κ2) is 9.60. The Labute approximate surface area is 190 Å². The van der Waals surface area contributed by atoms with E-state index in [0.717, 1.165) is 11.5 Å². The third kappa shape index (κ3) is 4.57. The topological polar surface area (TPSA) is 79.5 Å². The molecule has 168 valence electrons. The smallest absolute Gasteiger partial charge is 0.275 e. The summed E-state index contributed by atoms with van der Waals surface area (Å²) in [4.78, 5) is 29.3. The van der Waals surface area contributed by atoms with Gasteiger partial charge < -0.3 is 14.2 Å². The molecular weight excluding hydrogens is 431 g/mol. The molecule has 0 aliphatic carbocycles. The number of aryl methyl sites for hydroxylation is 1. The van der Waals surface area contributed by atoms with E-state index < -0.39 is 0 Å². The van der Waals surface area contributed by atoms with Crippen molar-refractivity contribution in [2.24, 2.45) is 5.92 Å². The maximum Gasteiger partial charge on any atom is 0.275 e. The molecule has 3 aromatic rings. The zero-order valence-corrected chi connectivity index (χ0v) is 18.8. The normalized spacial score (nSPS) is 15.5. The number of benzene rings is 1. The highest BCUT2D eigenvalue weighted by Crippen LogP contribution is 2.29. The van der Waals surface area contributed by atoms with Crippen molar-refractivity contribution < 1.29 is 18.4 Å². The van der Waals surface area contributed by atoms with Crippen molar-refractivity contribution in [2.75, 3.05) is 20.1 Å². The molecule has 1 saturated heterocycles. The van der Waals surface area contributed by atoms with E-state index in [1.807, 2.05) is 0 Å². The predicted molar refractivity (Wildman–Crippen MR) is 118 cm³/mol. The molecule has 2 aromatic heterocycles. The zero-order valence-electron chi connectivity index (χ0n) is 18.0. The van der Waals surface area contributed by atoms with Crippen LogP contribution in [-0.2, 0) is 6.42 Å². The average Bonchev–Trinajstić information content (AvgIpc) is 3.49. The Kier molecular flexibility index (Phi) is 6.64. The van der Waals surface area contributed by atoms with Crippen LogP contribution in [0, 0.1) is 18.7 Å². The van der Waals surface area contributed by atoms with Gasteiger partial charge in [-0.05, 0) is 61.3 Å². The van der Waals surface area contributed by atoms with Gasteiger partial charge in [0.1, 0.15) is 11.6 Å². The van der Waals surface area contributed by atoms with Crippen molar-refractivity contribution in [1.29, 1.82) is 0 Å². The molecule has 4 rings (SSSR count). The molecule has 1 fully saturated rings. The molecule has 1 unspecified atom stereocenters. The molecule has 1 aliphatic heterocycles. The summed E-state index contributed by atoms with van der Waals surface area (Å²) in [5.74, 6) is 0.129. The quantitative estimate of drug-likeness (QED) is 0.564. The van der Waals surface area contributed by atoms with Crippen LogP contribution in [0.15, 0.2) is 46.4 Å². The molecule has 0 saturated carbocycles. The molecule has 1 aliphatic rings. The monoisotopic (exact) mass is 456 g/mol. The summed E-state index contributed by atoms with van der Waals surface area (Å²) in [6, 6.07) is 8.12. The minimum Gasteiger partial charge on any atom is -0.469 e. The molecule has 2 amide bonds. The lowest BCUT2D eigenvalue weighted by Crippen LogP contribution is -2.48. The van der Waals surface area contributed by atoms with E-state index in [9.17, 15) is 14.0 Å². The summed E-state index contributed by atoms with van der Waals surface area (Å²) in [5.41, 5.74) is 1.45. The largest absolute Gasteiger partial charge is 0.469 e. The highest BCUT2D eigenvalue weighted by Gasteiger charge is 2.34. The van der Waals surface area contributed by atoms with E-state index in [0.29, 0.717) is 54.9 Å². The summed E-state index contributed by atoms with van der Waals surface area (Å²) in [5, 5.41) is 5.52. The Balaban J connectivity index is 1.53. The van der Waals surface area contributed by atoms with Gasteiger partial charge in [-0.1, -0.05) is 22.7 Å². The van der Waals surface area contributed by atoms with E-state index in [1.165, 1.54) is 12.3 Å². The zero-order chi connectivity index (χ0) is 22.7. The first-order valence-corrected chi connectivity index (χ1v) is 11.4. The average molecular weight is 457 g/mol. The van der Waals surface area contributed by atoms with Gasteiger partial charge in [0.15, 0.2) is 5.69 Å². The van der Waals surface area contributed by atoms with Crippen LogP contribution < -0.4 is 0 Å². The molecule has 3 heterocycles. The third-order valence-corrected chi connectivity index (χ3v) is 6.75. The van der Waals surface area contributed by atoms with Gasteiger partial charge >= 0.3 is 0 Å². The number of nitrogens with zero attached hydrogens (tertiary/aromatic N) is 4. The second-order valence-electron chi connectivity index (χ2n) is 8.09. The van der Waals surface area contributed by atoms with Gasteiger partial charge in [-0.3, -0.25) is 9.59 Å². The summed E-state index contributed by atoms with van der Waals surface area (Å²) in [6.07, 6.45) is 3.33. The second-order valence-corrected chi connectivity index (χ2v) is 8.70. The van der Waals surface area contributed by atoms with Gasteiger partial charge in [0.25, 0.3) is 11.8 Å². The Morgan fingerprint density at radius 3 is 2.66 bits per heavy atom. The van der Waals surface area contributed by atoms with Gasteiger partial charge in [0.2, 0.25) is 0 Å². The standard InChI is InChI=1S/C23H25FN4O3S/c1-15-18(9-12-31-15)22(29)27(2)21(13-17-5-3-4-6-19(17)24)16-7-10-28(11-8-16)23(30)20-14-32-26-25-20/h3-6,9,12,14,16,21H,7-8,10-11,13H2,1-2H3. The summed E-state index contributed by atoms with van der Waals surface area (Å²) >= 11 is 1.15. The lowest BCUT2D eigenvalue weighted by Gasteiger charge is -2.40. The number of piperidine rings is 1. The number of amides is 2.